The molecule has 1 saturated heterocycles. The Morgan fingerprint density at radius 1 is 1.23 bits per heavy atom. The number of rotatable bonds is 8. The van der Waals surface area contributed by atoms with E-state index in [9.17, 15) is 14.7 Å². The molecule has 0 aromatic carbocycles. The quantitative estimate of drug-likeness (QED) is 0.529. The molecule has 2 aromatic heterocycles. The first-order valence-corrected chi connectivity index (χ1v) is 14.3. The highest BCUT2D eigenvalue weighted by molar-refractivity contribution is 5.90. The number of ether oxygens (including phenoxy) is 1. The first-order chi connectivity index (χ1) is 18.6. The second-order valence-corrected chi connectivity index (χ2v) is 12.7. The molecule has 39 heavy (non-hydrogen) atoms. The minimum atomic E-state index is -0.758. The van der Waals surface area contributed by atoms with Crippen LogP contribution in [0.2, 0.25) is 0 Å². The number of likely N-dealkylation sites (tertiary alicyclic amines) is 1. The van der Waals surface area contributed by atoms with Crippen molar-refractivity contribution >= 4 is 11.8 Å². The second kappa shape index (κ2) is 10.9. The predicted molar refractivity (Wildman–Crippen MR) is 145 cm³/mol. The van der Waals surface area contributed by atoms with Crippen LogP contribution >= 0.6 is 0 Å². The van der Waals surface area contributed by atoms with E-state index in [-0.39, 0.29) is 30.2 Å². The highest BCUT2D eigenvalue weighted by atomic mass is 16.5. The summed E-state index contributed by atoms with van der Waals surface area (Å²) < 4.78 is 7.10. The van der Waals surface area contributed by atoms with Gasteiger partial charge in [0.05, 0.1) is 24.6 Å². The minimum Gasteiger partial charge on any atom is -0.497 e. The molecule has 10 heteroatoms. The van der Waals surface area contributed by atoms with Crippen molar-refractivity contribution in [3.05, 3.63) is 35.9 Å². The third-order valence-corrected chi connectivity index (χ3v) is 8.63. The highest BCUT2D eigenvalue weighted by Gasteiger charge is 2.46. The van der Waals surface area contributed by atoms with Crippen molar-refractivity contribution in [2.24, 2.45) is 5.41 Å². The first kappa shape index (κ1) is 27.6. The average Bonchev–Trinajstić information content (AvgIpc) is 3.53. The summed E-state index contributed by atoms with van der Waals surface area (Å²) in [6.45, 7) is 6.52. The number of amides is 2. The fraction of sp³-hybridized carbons (Fsp3) is 0.690. The number of methoxy groups -OCH3 is 1. The van der Waals surface area contributed by atoms with Crippen LogP contribution in [0.4, 0.5) is 0 Å². The molecule has 3 atom stereocenters. The van der Waals surface area contributed by atoms with E-state index in [1.54, 1.807) is 22.9 Å². The zero-order valence-electron chi connectivity index (χ0n) is 23.6. The molecular formula is C29H42N6O4. The summed E-state index contributed by atoms with van der Waals surface area (Å²) >= 11 is 0. The molecule has 3 fully saturated rings. The Bertz CT molecular complexity index is 1180. The van der Waals surface area contributed by atoms with Crippen molar-refractivity contribution in [3.8, 4) is 5.75 Å². The molecule has 2 aliphatic carbocycles. The summed E-state index contributed by atoms with van der Waals surface area (Å²) in [6.07, 6.45) is 10.4. The molecule has 212 valence electrons. The molecule has 0 bridgehead atoms. The smallest absolute Gasteiger partial charge is 0.248 e. The number of hydrogen-bond donors (Lipinski definition) is 2. The van der Waals surface area contributed by atoms with E-state index >= 15 is 0 Å². The van der Waals surface area contributed by atoms with Gasteiger partial charge < -0.3 is 20.1 Å². The van der Waals surface area contributed by atoms with Gasteiger partial charge in [0.2, 0.25) is 11.8 Å². The maximum Gasteiger partial charge on any atom is 0.248 e. The van der Waals surface area contributed by atoms with Gasteiger partial charge in [0.25, 0.3) is 0 Å². The summed E-state index contributed by atoms with van der Waals surface area (Å²) in [5, 5.41) is 22.4. The van der Waals surface area contributed by atoms with E-state index in [0.29, 0.717) is 12.5 Å². The van der Waals surface area contributed by atoms with Crippen LogP contribution in [-0.2, 0) is 15.0 Å². The zero-order valence-corrected chi connectivity index (χ0v) is 23.6. The van der Waals surface area contributed by atoms with E-state index in [1.165, 1.54) is 0 Å². The molecular weight excluding hydrogens is 496 g/mol. The van der Waals surface area contributed by atoms with Gasteiger partial charge in [-0.1, -0.05) is 45.2 Å². The van der Waals surface area contributed by atoms with Gasteiger partial charge in [0, 0.05) is 49.3 Å². The standard InChI is InChI=1S/C29H42N6O4/c1-28(2,3)25(35-17-22(32-33-35)19-8-9-19)27(38)34-16-20(36)14-23(34)26(37)31-18-29(11-6-5-7-12-29)24-15-21(39-4)10-13-30-24/h10,13,15,17,19-20,23,25,36H,5-9,11-12,14,16,18H2,1-4H3,(H,31,37)/t20-,23+,25-/m1/s1. The molecule has 2 amide bonds. The normalized spacial score (nSPS) is 23.9. The molecule has 0 spiro atoms. The van der Waals surface area contributed by atoms with Crippen molar-refractivity contribution < 1.29 is 19.4 Å². The molecule has 2 saturated carbocycles. The molecule has 2 N–H and O–H groups in total. The van der Waals surface area contributed by atoms with Crippen LogP contribution in [0.3, 0.4) is 0 Å². The van der Waals surface area contributed by atoms with Gasteiger partial charge in [-0.3, -0.25) is 14.6 Å². The first-order valence-electron chi connectivity index (χ1n) is 14.3. The number of pyridine rings is 1. The maximum absolute atomic E-state index is 14.0. The topological polar surface area (TPSA) is 122 Å². The number of hydrogen-bond acceptors (Lipinski definition) is 7. The van der Waals surface area contributed by atoms with Crippen LogP contribution in [0.15, 0.2) is 24.5 Å². The second-order valence-electron chi connectivity index (χ2n) is 12.7. The number of aliphatic hydroxyl groups is 1. The lowest BCUT2D eigenvalue weighted by atomic mass is 9.71. The number of β-amino-alcohol motifs (C(OH)–C–C–N with tert-alkyl or cyclic N) is 1. The van der Waals surface area contributed by atoms with Gasteiger partial charge in [-0.25, -0.2) is 4.68 Å². The van der Waals surface area contributed by atoms with Crippen molar-refractivity contribution in [1.29, 1.82) is 0 Å². The van der Waals surface area contributed by atoms with Crippen LogP contribution in [0, 0.1) is 5.41 Å². The maximum atomic E-state index is 14.0. The van der Waals surface area contributed by atoms with E-state index in [2.05, 4.69) is 20.6 Å². The fourth-order valence-corrected chi connectivity index (χ4v) is 6.28. The Labute approximate surface area is 230 Å². The van der Waals surface area contributed by atoms with Crippen molar-refractivity contribution in [2.45, 2.75) is 102 Å². The lowest BCUT2D eigenvalue weighted by molar-refractivity contribution is -0.144. The molecule has 2 aromatic rings. The summed E-state index contributed by atoms with van der Waals surface area (Å²) in [4.78, 5) is 33.9. The van der Waals surface area contributed by atoms with Gasteiger partial charge in [0.15, 0.2) is 0 Å². The molecule has 5 rings (SSSR count). The van der Waals surface area contributed by atoms with Crippen LogP contribution in [0.25, 0.3) is 0 Å². The lowest BCUT2D eigenvalue weighted by Gasteiger charge is -2.38. The Morgan fingerprint density at radius 2 is 1.97 bits per heavy atom. The third kappa shape index (κ3) is 5.81. The number of nitrogens with one attached hydrogen (secondary N) is 1. The van der Waals surface area contributed by atoms with Gasteiger partial charge in [-0.2, -0.15) is 0 Å². The number of carbonyl (C=O) groups excluding carboxylic acids is 2. The van der Waals surface area contributed by atoms with E-state index in [0.717, 1.165) is 62.1 Å². The number of nitrogens with zero attached hydrogens (tertiary/aromatic N) is 5. The highest BCUT2D eigenvalue weighted by Crippen LogP contribution is 2.41. The molecule has 1 aliphatic heterocycles. The van der Waals surface area contributed by atoms with Crippen LogP contribution in [-0.4, -0.2) is 74.1 Å². The molecule has 10 nitrogen and oxygen atoms in total. The van der Waals surface area contributed by atoms with Crippen LogP contribution in [0.1, 0.15) is 95.5 Å². The Hall–Kier alpha value is -3.01. The van der Waals surface area contributed by atoms with Gasteiger partial charge >= 0.3 is 0 Å². The van der Waals surface area contributed by atoms with Crippen LogP contribution in [0.5, 0.6) is 5.75 Å². The molecule has 0 radical (unpaired) electrons. The molecule has 0 unspecified atom stereocenters. The number of aliphatic hydroxyl groups excluding tert-OH is 1. The monoisotopic (exact) mass is 538 g/mol. The van der Waals surface area contributed by atoms with Gasteiger partial charge in [-0.05, 0) is 37.2 Å². The van der Waals surface area contributed by atoms with E-state index in [1.807, 2.05) is 39.1 Å². The molecule has 3 heterocycles. The number of carbonyl (C=O) groups is 2. The summed E-state index contributed by atoms with van der Waals surface area (Å²) in [5.74, 6) is 0.719. The summed E-state index contributed by atoms with van der Waals surface area (Å²) in [7, 11) is 1.64. The number of aromatic nitrogens is 4. The Balaban J connectivity index is 1.34. The Kier molecular flexibility index (Phi) is 7.68. The average molecular weight is 539 g/mol. The van der Waals surface area contributed by atoms with Crippen molar-refractivity contribution in [3.63, 3.8) is 0 Å². The predicted octanol–water partition coefficient (Wildman–Crippen LogP) is 3.13. The van der Waals surface area contributed by atoms with Crippen LogP contribution < -0.4 is 10.1 Å². The minimum absolute atomic E-state index is 0.121. The molecule has 3 aliphatic rings. The zero-order chi connectivity index (χ0) is 27.8. The summed E-state index contributed by atoms with van der Waals surface area (Å²) in [6, 6.07) is 2.41. The Morgan fingerprint density at radius 3 is 2.64 bits per heavy atom. The van der Waals surface area contributed by atoms with Crippen molar-refractivity contribution in [1.82, 2.24) is 30.2 Å². The van der Waals surface area contributed by atoms with Gasteiger partial charge in [0.1, 0.15) is 17.8 Å². The SMILES string of the molecule is COc1ccnc(C2(CNC(=O)[C@@H]3C[C@@H](O)CN3C(=O)[C@@H](n3cc(C4CC4)nn3)C(C)(C)C)CCCCC2)c1. The summed E-state index contributed by atoms with van der Waals surface area (Å²) in [5.41, 5.74) is 1.08. The van der Waals surface area contributed by atoms with Crippen molar-refractivity contribution in [2.75, 3.05) is 20.2 Å². The van der Waals surface area contributed by atoms with E-state index in [4.69, 9.17) is 4.74 Å². The lowest BCUT2D eigenvalue weighted by Crippen LogP contribution is -2.52. The van der Waals surface area contributed by atoms with Gasteiger partial charge in [-0.15, -0.1) is 5.10 Å². The fourth-order valence-electron chi connectivity index (χ4n) is 6.28. The van der Waals surface area contributed by atoms with E-state index < -0.39 is 23.6 Å². The largest absolute Gasteiger partial charge is 0.497 e. The third-order valence-electron chi connectivity index (χ3n) is 8.63.